The van der Waals surface area contributed by atoms with Crippen molar-refractivity contribution in [2.45, 2.75) is 45.1 Å². The molecule has 4 heteroatoms. The van der Waals surface area contributed by atoms with E-state index in [-0.39, 0.29) is 10.6 Å². The highest BCUT2D eigenvalue weighted by Crippen LogP contribution is 2.59. The highest BCUT2D eigenvalue weighted by Gasteiger charge is 2.53. The molecule has 0 amide bonds. The van der Waals surface area contributed by atoms with E-state index in [1.807, 2.05) is 13.0 Å². The number of non-ortho nitro benzene ring substituents is 1. The topological polar surface area (TPSA) is 55.2 Å². The van der Waals surface area contributed by atoms with E-state index >= 15 is 0 Å². The molecule has 0 heterocycles. The Balaban J connectivity index is 1.51. The lowest BCUT2D eigenvalue weighted by Crippen LogP contribution is -2.34. The molecule has 3 aliphatic rings. The van der Waals surface area contributed by atoms with Crippen LogP contribution in [-0.2, 0) is 0 Å². The van der Waals surface area contributed by atoms with Gasteiger partial charge in [0.1, 0.15) is 0 Å². The average Bonchev–Trinajstić information content (AvgIpc) is 3.12. The number of rotatable bonds is 3. The van der Waals surface area contributed by atoms with Gasteiger partial charge in [0.25, 0.3) is 5.69 Å². The largest absolute Gasteiger partial charge is 0.382 e. The number of benzene rings is 1. The van der Waals surface area contributed by atoms with Crippen LogP contribution in [0, 0.1) is 40.7 Å². The van der Waals surface area contributed by atoms with Gasteiger partial charge in [0.05, 0.1) is 4.92 Å². The van der Waals surface area contributed by atoms with Gasteiger partial charge in [-0.25, -0.2) is 0 Å². The number of nitro benzene ring substituents is 1. The normalized spacial score (nSPS) is 36.7. The van der Waals surface area contributed by atoms with E-state index in [1.54, 1.807) is 12.1 Å². The molecular formula is C17H22N2O2. The van der Waals surface area contributed by atoms with Crippen LogP contribution < -0.4 is 5.32 Å². The molecule has 4 nitrogen and oxygen atoms in total. The number of aryl methyl sites for hydroxylation is 1. The second-order valence-electron chi connectivity index (χ2n) is 7.16. The minimum atomic E-state index is -0.322. The first-order valence-electron chi connectivity index (χ1n) is 8.15. The van der Waals surface area contributed by atoms with E-state index in [0.29, 0.717) is 6.04 Å². The monoisotopic (exact) mass is 286 g/mol. The molecule has 1 aromatic rings. The van der Waals surface area contributed by atoms with Gasteiger partial charge in [-0.1, -0.05) is 6.42 Å². The molecule has 1 N–H and O–H groups in total. The molecule has 4 rings (SSSR count). The summed E-state index contributed by atoms with van der Waals surface area (Å²) < 4.78 is 0. The minimum absolute atomic E-state index is 0.182. The predicted molar refractivity (Wildman–Crippen MR) is 82.3 cm³/mol. The molecule has 0 aromatic heterocycles. The van der Waals surface area contributed by atoms with Gasteiger partial charge in [-0.2, -0.15) is 0 Å². The van der Waals surface area contributed by atoms with Crippen molar-refractivity contribution in [2.75, 3.05) is 5.32 Å². The Kier molecular flexibility index (Phi) is 2.95. The number of anilines is 1. The lowest BCUT2D eigenvalue weighted by Gasteiger charge is -2.33. The minimum Gasteiger partial charge on any atom is -0.382 e. The quantitative estimate of drug-likeness (QED) is 0.671. The Morgan fingerprint density at radius 2 is 2.00 bits per heavy atom. The van der Waals surface area contributed by atoms with Gasteiger partial charge in [0, 0.05) is 23.9 Å². The van der Waals surface area contributed by atoms with Crippen LogP contribution in [0.4, 0.5) is 11.4 Å². The third kappa shape index (κ3) is 2.03. The Morgan fingerprint density at radius 1 is 1.19 bits per heavy atom. The second kappa shape index (κ2) is 4.72. The van der Waals surface area contributed by atoms with Crippen molar-refractivity contribution >= 4 is 11.4 Å². The van der Waals surface area contributed by atoms with E-state index in [4.69, 9.17) is 0 Å². The molecule has 3 aliphatic carbocycles. The molecule has 0 saturated heterocycles. The lowest BCUT2D eigenvalue weighted by molar-refractivity contribution is -0.384. The maximum absolute atomic E-state index is 10.8. The Morgan fingerprint density at radius 3 is 2.76 bits per heavy atom. The molecule has 2 bridgehead atoms. The molecule has 112 valence electrons. The third-order valence-corrected chi connectivity index (χ3v) is 6.19. The summed E-state index contributed by atoms with van der Waals surface area (Å²) in [6.45, 7) is 1.96. The van der Waals surface area contributed by atoms with Gasteiger partial charge < -0.3 is 5.32 Å². The smallest absolute Gasteiger partial charge is 0.269 e. The van der Waals surface area contributed by atoms with Gasteiger partial charge in [-0.05, 0) is 67.9 Å². The number of nitro groups is 1. The number of fused-ring (bicyclic) bond motifs is 5. The van der Waals surface area contributed by atoms with Crippen LogP contribution in [-0.4, -0.2) is 11.0 Å². The van der Waals surface area contributed by atoms with Crippen LogP contribution in [0.1, 0.15) is 37.7 Å². The van der Waals surface area contributed by atoms with Gasteiger partial charge in [0.2, 0.25) is 0 Å². The van der Waals surface area contributed by atoms with Crippen molar-refractivity contribution in [3.63, 3.8) is 0 Å². The number of hydrogen-bond donors (Lipinski definition) is 1. The highest BCUT2D eigenvalue weighted by molar-refractivity contribution is 5.56. The summed E-state index contributed by atoms with van der Waals surface area (Å²) in [5.74, 6) is 3.71. The molecule has 0 spiro atoms. The summed E-state index contributed by atoms with van der Waals surface area (Å²) in [5, 5.41) is 14.5. The van der Waals surface area contributed by atoms with Crippen molar-refractivity contribution < 1.29 is 4.92 Å². The van der Waals surface area contributed by atoms with E-state index in [1.165, 1.54) is 32.1 Å². The zero-order valence-electron chi connectivity index (χ0n) is 12.4. The standard InChI is InChI=1S/C17H22N2O2/c1-10-7-12(19(20)21)5-6-16(10)18-17-9-11-8-15(17)14-4-2-3-13(11)14/h5-7,11,13-15,17-18H,2-4,8-9H2,1H3. The summed E-state index contributed by atoms with van der Waals surface area (Å²) in [5.41, 5.74) is 2.24. The van der Waals surface area contributed by atoms with Gasteiger partial charge in [-0.15, -0.1) is 0 Å². The number of hydrogen-bond acceptors (Lipinski definition) is 3. The van der Waals surface area contributed by atoms with E-state index in [0.717, 1.165) is 34.9 Å². The Bertz CT molecular complexity index is 586. The van der Waals surface area contributed by atoms with Crippen molar-refractivity contribution in [1.82, 2.24) is 0 Å². The molecule has 1 aromatic carbocycles. The molecular weight excluding hydrogens is 264 g/mol. The molecule has 5 atom stereocenters. The fourth-order valence-corrected chi connectivity index (χ4v) is 5.36. The zero-order valence-corrected chi connectivity index (χ0v) is 12.4. The summed E-state index contributed by atoms with van der Waals surface area (Å²) in [6.07, 6.45) is 6.99. The number of nitrogens with zero attached hydrogens (tertiary/aromatic N) is 1. The van der Waals surface area contributed by atoms with Crippen LogP contribution in [0.2, 0.25) is 0 Å². The van der Waals surface area contributed by atoms with Crippen LogP contribution in [0.5, 0.6) is 0 Å². The first-order valence-corrected chi connectivity index (χ1v) is 8.15. The average molecular weight is 286 g/mol. The predicted octanol–water partition coefficient (Wildman–Crippen LogP) is 4.14. The maximum Gasteiger partial charge on any atom is 0.269 e. The Labute approximate surface area is 125 Å². The van der Waals surface area contributed by atoms with Gasteiger partial charge in [0.15, 0.2) is 0 Å². The number of nitrogens with one attached hydrogen (secondary N) is 1. The summed E-state index contributed by atoms with van der Waals surface area (Å²) in [7, 11) is 0. The van der Waals surface area contributed by atoms with E-state index in [9.17, 15) is 10.1 Å². The summed E-state index contributed by atoms with van der Waals surface area (Å²) in [6, 6.07) is 5.75. The Hall–Kier alpha value is -1.58. The summed E-state index contributed by atoms with van der Waals surface area (Å²) in [4.78, 5) is 10.5. The molecule has 5 unspecified atom stereocenters. The van der Waals surface area contributed by atoms with Crippen LogP contribution in [0.25, 0.3) is 0 Å². The molecule has 3 saturated carbocycles. The molecule has 21 heavy (non-hydrogen) atoms. The van der Waals surface area contributed by atoms with Crippen molar-refractivity contribution in [2.24, 2.45) is 23.7 Å². The molecule has 3 fully saturated rings. The van der Waals surface area contributed by atoms with E-state index < -0.39 is 0 Å². The van der Waals surface area contributed by atoms with Gasteiger partial charge >= 0.3 is 0 Å². The van der Waals surface area contributed by atoms with Crippen LogP contribution in [0.3, 0.4) is 0 Å². The van der Waals surface area contributed by atoms with Crippen molar-refractivity contribution in [1.29, 1.82) is 0 Å². The second-order valence-corrected chi connectivity index (χ2v) is 7.16. The third-order valence-electron chi connectivity index (χ3n) is 6.19. The first-order chi connectivity index (χ1) is 10.1. The van der Waals surface area contributed by atoms with Crippen LogP contribution in [0.15, 0.2) is 18.2 Å². The van der Waals surface area contributed by atoms with E-state index in [2.05, 4.69) is 5.32 Å². The first kappa shape index (κ1) is 13.1. The fourth-order valence-electron chi connectivity index (χ4n) is 5.36. The van der Waals surface area contributed by atoms with Gasteiger partial charge in [-0.3, -0.25) is 10.1 Å². The lowest BCUT2D eigenvalue weighted by atomic mass is 9.79. The van der Waals surface area contributed by atoms with Crippen LogP contribution >= 0.6 is 0 Å². The molecule has 0 radical (unpaired) electrons. The highest BCUT2D eigenvalue weighted by atomic mass is 16.6. The SMILES string of the molecule is Cc1cc([N+](=O)[O-])ccc1NC1CC2CC1C1CCCC21. The van der Waals surface area contributed by atoms with Crippen molar-refractivity contribution in [3.8, 4) is 0 Å². The zero-order chi connectivity index (χ0) is 14.6. The maximum atomic E-state index is 10.8. The molecule has 0 aliphatic heterocycles. The fraction of sp³-hybridized carbons (Fsp3) is 0.647. The van der Waals surface area contributed by atoms with Crippen molar-refractivity contribution in [3.05, 3.63) is 33.9 Å². The summed E-state index contributed by atoms with van der Waals surface area (Å²) >= 11 is 0.